The quantitative estimate of drug-likeness (QED) is 0.582. The second-order valence-corrected chi connectivity index (χ2v) is 9.23. The van der Waals surface area contributed by atoms with Crippen molar-refractivity contribution in [1.82, 2.24) is 14.5 Å². The molecule has 5 heteroatoms. The van der Waals surface area contributed by atoms with Gasteiger partial charge in [0, 0.05) is 41.5 Å². The Morgan fingerprint density at radius 3 is 2.47 bits per heavy atom. The highest BCUT2D eigenvalue weighted by Crippen LogP contribution is 2.50. The number of imidazole rings is 1. The third-order valence-electron chi connectivity index (χ3n) is 7.43. The molecular formula is C25H24ClN3O. The minimum absolute atomic E-state index is 0.305. The lowest BCUT2D eigenvalue weighted by molar-refractivity contribution is -0.132. The lowest BCUT2D eigenvalue weighted by Crippen LogP contribution is -2.38. The molecule has 3 aromatic rings. The molecule has 3 aliphatic heterocycles. The van der Waals surface area contributed by atoms with E-state index >= 15 is 0 Å². The van der Waals surface area contributed by atoms with Crippen LogP contribution in [-0.2, 0) is 10.3 Å². The summed E-state index contributed by atoms with van der Waals surface area (Å²) in [4.78, 5) is 20.2. The van der Waals surface area contributed by atoms with Gasteiger partial charge >= 0.3 is 0 Å². The highest BCUT2D eigenvalue weighted by Gasteiger charge is 2.47. The summed E-state index contributed by atoms with van der Waals surface area (Å²) < 4.78 is 2.26. The Hall–Kier alpha value is -2.59. The molecule has 0 spiro atoms. The lowest BCUT2D eigenvalue weighted by atomic mass is 9.79. The molecule has 152 valence electrons. The van der Waals surface area contributed by atoms with Crippen molar-refractivity contribution in [2.24, 2.45) is 0 Å². The largest absolute Gasteiger partial charge is 0.337 e. The van der Waals surface area contributed by atoms with E-state index in [4.69, 9.17) is 11.6 Å². The van der Waals surface area contributed by atoms with Crippen LogP contribution in [0.4, 0.5) is 0 Å². The number of amides is 1. The van der Waals surface area contributed by atoms with Crippen LogP contribution >= 0.6 is 11.6 Å². The van der Waals surface area contributed by atoms with Crippen LogP contribution in [0.2, 0.25) is 5.02 Å². The Morgan fingerprint density at radius 2 is 1.73 bits per heavy atom. The van der Waals surface area contributed by atoms with Gasteiger partial charge < -0.3 is 9.47 Å². The first-order chi connectivity index (χ1) is 14.7. The number of fused-ring (bicyclic) bond motifs is 5. The van der Waals surface area contributed by atoms with Crippen LogP contribution < -0.4 is 0 Å². The van der Waals surface area contributed by atoms with E-state index in [2.05, 4.69) is 50.8 Å². The predicted molar refractivity (Wildman–Crippen MR) is 117 cm³/mol. The molecule has 1 atom stereocenters. The van der Waals surface area contributed by atoms with Crippen molar-refractivity contribution in [1.29, 1.82) is 0 Å². The molecule has 0 aliphatic carbocycles. The monoisotopic (exact) mass is 417 g/mol. The minimum Gasteiger partial charge on any atom is -0.337 e. The first-order valence-electron chi connectivity index (χ1n) is 10.9. The van der Waals surface area contributed by atoms with Gasteiger partial charge in [-0.15, -0.1) is 0 Å². The summed E-state index contributed by atoms with van der Waals surface area (Å²) in [6.45, 7) is 0. The number of hydrogen-bond donors (Lipinski definition) is 0. The molecule has 2 bridgehead atoms. The van der Waals surface area contributed by atoms with Gasteiger partial charge in [0.05, 0.1) is 5.54 Å². The topological polar surface area (TPSA) is 38.1 Å². The molecule has 0 N–H and O–H groups in total. The zero-order valence-electron chi connectivity index (χ0n) is 16.8. The molecule has 1 unspecified atom stereocenters. The van der Waals surface area contributed by atoms with E-state index in [1.54, 1.807) is 0 Å². The second-order valence-electron chi connectivity index (χ2n) is 8.80. The first-order valence-corrected chi connectivity index (χ1v) is 11.3. The highest BCUT2D eigenvalue weighted by atomic mass is 35.5. The second kappa shape index (κ2) is 6.71. The molecule has 2 saturated heterocycles. The average Bonchev–Trinajstić information content (AvgIpc) is 3.54. The first kappa shape index (κ1) is 18.2. The number of halogens is 1. The third-order valence-corrected chi connectivity index (χ3v) is 7.68. The number of nitrogens with zero attached hydrogens (tertiary/aromatic N) is 3. The van der Waals surface area contributed by atoms with Gasteiger partial charge in [0.25, 0.3) is 0 Å². The van der Waals surface area contributed by atoms with E-state index in [0.29, 0.717) is 30.8 Å². The number of rotatable bonds is 4. The van der Waals surface area contributed by atoms with Gasteiger partial charge in [-0.2, -0.15) is 0 Å². The van der Waals surface area contributed by atoms with Crippen LogP contribution in [0.15, 0.2) is 60.9 Å². The van der Waals surface area contributed by atoms with Gasteiger partial charge in [0.15, 0.2) is 0 Å². The van der Waals surface area contributed by atoms with E-state index < -0.39 is 5.54 Å². The fourth-order valence-corrected chi connectivity index (χ4v) is 6.26. The van der Waals surface area contributed by atoms with Gasteiger partial charge in [-0.05, 0) is 55.4 Å². The number of hydrogen-bond acceptors (Lipinski definition) is 2. The third kappa shape index (κ3) is 2.46. The molecule has 1 amide bonds. The molecule has 0 saturated carbocycles. The summed E-state index contributed by atoms with van der Waals surface area (Å²) in [5, 5.41) is 0.718. The summed E-state index contributed by atoms with van der Waals surface area (Å²) in [7, 11) is 0. The molecular weight excluding hydrogens is 394 g/mol. The maximum atomic E-state index is 13.3. The van der Waals surface area contributed by atoms with Crippen molar-refractivity contribution >= 4 is 17.5 Å². The molecule has 6 rings (SSSR count). The molecule has 30 heavy (non-hydrogen) atoms. The summed E-state index contributed by atoms with van der Waals surface area (Å²) in [6.07, 6.45) is 9.85. The van der Waals surface area contributed by atoms with Crippen molar-refractivity contribution < 1.29 is 4.79 Å². The highest BCUT2D eigenvalue weighted by molar-refractivity contribution is 6.30. The maximum Gasteiger partial charge on any atom is 0.223 e. The van der Waals surface area contributed by atoms with E-state index in [9.17, 15) is 4.79 Å². The van der Waals surface area contributed by atoms with E-state index in [0.717, 1.165) is 22.0 Å². The van der Waals surface area contributed by atoms with Gasteiger partial charge in [-0.1, -0.05) is 48.0 Å². The summed E-state index contributed by atoms with van der Waals surface area (Å²) in [5.41, 5.74) is 3.06. The van der Waals surface area contributed by atoms with Crippen LogP contribution in [0.25, 0.3) is 11.4 Å². The Labute approximate surface area is 181 Å². The van der Waals surface area contributed by atoms with Crippen molar-refractivity contribution in [3.63, 3.8) is 0 Å². The van der Waals surface area contributed by atoms with Crippen LogP contribution in [-0.4, -0.2) is 32.4 Å². The number of benzene rings is 2. The molecule has 3 aliphatic rings. The average molecular weight is 418 g/mol. The van der Waals surface area contributed by atoms with Gasteiger partial charge in [-0.3, -0.25) is 4.79 Å². The summed E-state index contributed by atoms with van der Waals surface area (Å²) >= 11 is 6.22. The smallest absolute Gasteiger partial charge is 0.223 e. The molecule has 2 fully saturated rings. The molecule has 4 heterocycles. The van der Waals surface area contributed by atoms with Gasteiger partial charge in [-0.25, -0.2) is 4.98 Å². The minimum atomic E-state index is -0.443. The molecule has 2 aromatic carbocycles. The van der Waals surface area contributed by atoms with Crippen molar-refractivity contribution in [3.05, 3.63) is 77.1 Å². The zero-order valence-corrected chi connectivity index (χ0v) is 17.6. The maximum absolute atomic E-state index is 13.3. The lowest BCUT2D eigenvalue weighted by Gasteiger charge is -2.34. The molecule has 0 radical (unpaired) electrons. The van der Waals surface area contributed by atoms with Crippen molar-refractivity contribution in [3.8, 4) is 11.4 Å². The predicted octanol–water partition coefficient (Wildman–Crippen LogP) is 5.24. The molecule has 1 aromatic heterocycles. The number of carbonyl (C=O) groups is 1. The van der Waals surface area contributed by atoms with E-state index in [1.807, 2.05) is 24.5 Å². The zero-order chi connectivity index (χ0) is 20.3. The Bertz CT molecular complexity index is 1100. The number of carbonyl (C=O) groups excluding carboxylic acids is 1. The van der Waals surface area contributed by atoms with Gasteiger partial charge in [0.1, 0.15) is 5.82 Å². The standard InChI is InChI=1S/C25H24ClN3O/c26-18-7-5-17(6-8-18)25(14-13-23(30)29-19-9-10-20(29)12-11-19)22-4-2-1-3-21(22)24-27-15-16-28(24)25/h1-8,15-16,19-20H,9-14H2/t19-,20-,25?. The van der Waals surface area contributed by atoms with Crippen molar-refractivity contribution in [2.75, 3.05) is 0 Å². The Morgan fingerprint density at radius 1 is 1.03 bits per heavy atom. The molecule has 4 nitrogen and oxygen atoms in total. The Balaban J connectivity index is 1.44. The van der Waals surface area contributed by atoms with Crippen LogP contribution in [0.5, 0.6) is 0 Å². The van der Waals surface area contributed by atoms with E-state index in [1.165, 1.54) is 31.2 Å². The summed E-state index contributed by atoms with van der Waals surface area (Å²) in [6, 6.07) is 17.5. The van der Waals surface area contributed by atoms with Crippen LogP contribution in [0.1, 0.15) is 49.7 Å². The Kier molecular flexibility index (Phi) is 4.07. The fourth-order valence-electron chi connectivity index (χ4n) is 6.14. The van der Waals surface area contributed by atoms with Gasteiger partial charge in [0.2, 0.25) is 5.91 Å². The number of aromatic nitrogens is 2. The summed E-state index contributed by atoms with van der Waals surface area (Å²) in [5.74, 6) is 1.27. The SMILES string of the molecule is O=C(CCC1(c2ccc(Cl)cc2)c2ccccc2-c2nccn21)N1[C@H]2CC[C@H]1CC2. The van der Waals surface area contributed by atoms with E-state index in [-0.39, 0.29) is 0 Å². The van der Waals surface area contributed by atoms with Crippen molar-refractivity contribution in [2.45, 2.75) is 56.1 Å². The van der Waals surface area contributed by atoms with Crippen LogP contribution in [0.3, 0.4) is 0 Å². The fraction of sp³-hybridized carbons (Fsp3) is 0.360. The van der Waals surface area contributed by atoms with Crippen LogP contribution in [0, 0.1) is 0 Å². The normalized spacial score (nSPS) is 26.1.